The first-order valence-corrected chi connectivity index (χ1v) is 3.18. The van der Waals surface area contributed by atoms with E-state index in [4.69, 9.17) is 4.74 Å². The molecule has 0 saturated heterocycles. The molecule has 0 aliphatic rings. The molecule has 0 amide bonds. The zero-order valence-corrected chi connectivity index (χ0v) is 6.58. The Balaban J connectivity index is 3.71. The molecule has 0 aliphatic heterocycles. The molecule has 0 spiro atoms. The molecule has 0 radical (unpaired) electrons. The minimum absolute atomic E-state index is 0.0435. The van der Waals surface area contributed by atoms with E-state index in [1.807, 2.05) is 0 Å². The molecule has 0 saturated carbocycles. The average Bonchev–Trinajstić information content (AvgIpc) is 2.01. The van der Waals surface area contributed by atoms with Gasteiger partial charge in [-0.05, 0) is 12.2 Å². The minimum Gasteiger partial charge on any atom is -0.452 e. The maximum absolute atomic E-state index is 10.7. The van der Waals surface area contributed by atoms with Gasteiger partial charge in [0.1, 0.15) is 12.7 Å². The van der Waals surface area contributed by atoms with Gasteiger partial charge in [-0.2, -0.15) is 0 Å². The van der Waals surface area contributed by atoms with Crippen molar-refractivity contribution in [1.29, 1.82) is 0 Å². The average molecular weight is 156 g/mol. The highest BCUT2D eigenvalue weighted by Crippen LogP contribution is 1.94. The molecule has 0 aromatic rings. The van der Waals surface area contributed by atoms with Gasteiger partial charge in [0.15, 0.2) is 0 Å². The molecule has 0 rings (SSSR count). The maximum atomic E-state index is 10.7. The molecule has 0 aromatic carbocycles. The van der Waals surface area contributed by atoms with Crippen molar-refractivity contribution < 1.29 is 14.3 Å². The van der Waals surface area contributed by atoms with E-state index in [0.717, 1.165) is 0 Å². The van der Waals surface area contributed by atoms with Gasteiger partial charge in [-0.25, -0.2) is 4.79 Å². The predicted octanol–water partition coefficient (Wildman–Crippen LogP) is 0.917. The van der Waals surface area contributed by atoms with Gasteiger partial charge in [0.25, 0.3) is 0 Å². The van der Waals surface area contributed by atoms with E-state index in [0.29, 0.717) is 0 Å². The lowest BCUT2D eigenvalue weighted by atomic mass is 10.3. The van der Waals surface area contributed by atoms with Crippen molar-refractivity contribution in [2.75, 3.05) is 13.7 Å². The monoisotopic (exact) mass is 156 g/mol. The van der Waals surface area contributed by atoms with Crippen LogP contribution in [0.3, 0.4) is 0 Å². The third-order valence-electron chi connectivity index (χ3n) is 0.994. The van der Waals surface area contributed by atoms with E-state index in [-0.39, 0.29) is 6.61 Å². The van der Waals surface area contributed by atoms with Gasteiger partial charge < -0.3 is 9.47 Å². The highest BCUT2D eigenvalue weighted by molar-refractivity contribution is 5.71. The summed E-state index contributed by atoms with van der Waals surface area (Å²) in [5.74, 6) is -0.419. The Kier molecular flexibility index (Phi) is 5.11. The maximum Gasteiger partial charge on any atom is 0.332 e. The summed E-state index contributed by atoms with van der Waals surface area (Å²) in [6.07, 6.45) is 2.55. The Hall–Kier alpha value is -1.09. The van der Waals surface area contributed by atoms with Gasteiger partial charge in [0, 0.05) is 7.11 Å². The largest absolute Gasteiger partial charge is 0.452 e. The van der Waals surface area contributed by atoms with Gasteiger partial charge in [0.2, 0.25) is 0 Å². The minimum atomic E-state index is -0.419. The quantitative estimate of drug-likeness (QED) is 0.438. The lowest BCUT2D eigenvalue weighted by molar-refractivity contribution is -0.149. The Morgan fingerprint density at radius 1 is 1.55 bits per heavy atom. The van der Waals surface area contributed by atoms with Crippen molar-refractivity contribution >= 4 is 5.97 Å². The molecule has 11 heavy (non-hydrogen) atoms. The summed E-state index contributed by atoms with van der Waals surface area (Å²) in [5.41, 5.74) is 0. The van der Waals surface area contributed by atoms with Crippen LogP contribution in [-0.4, -0.2) is 25.8 Å². The van der Waals surface area contributed by atoms with E-state index in [1.165, 1.54) is 19.3 Å². The van der Waals surface area contributed by atoms with E-state index < -0.39 is 12.1 Å². The Bertz CT molecular complexity index is 143. The lowest BCUT2D eigenvalue weighted by Crippen LogP contribution is -2.17. The Morgan fingerprint density at radius 3 is 2.45 bits per heavy atom. The van der Waals surface area contributed by atoms with Crippen LogP contribution in [-0.2, 0) is 14.3 Å². The normalized spacial score (nSPS) is 9.27. The summed E-state index contributed by atoms with van der Waals surface area (Å²) in [6.45, 7) is 6.87. The Morgan fingerprint density at radius 2 is 2.09 bits per heavy atom. The molecule has 0 aliphatic carbocycles. The predicted molar refractivity (Wildman–Crippen MR) is 42.2 cm³/mol. The van der Waals surface area contributed by atoms with Crippen molar-refractivity contribution in [2.45, 2.75) is 6.10 Å². The van der Waals surface area contributed by atoms with Crippen molar-refractivity contribution in [3.8, 4) is 0 Å². The molecular weight excluding hydrogens is 144 g/mol. The highest BCUT2D eigenvalue weighted by Gasteiger charge is 2.05. The van der Waals surface area contributed by atoms with Crippen molar-refractivity contribution in [3.63, 3.8) is 0 Å². The summed E-state index contributed by atoms with van der Waals surface area (Å²) in [7, 11) is 1.43. The molecule has 62 valence electrons. The number of hydrogen-bond acceptors (Lipinski definition) is 3. The first-order valence-electron chi connectivity index (χ1n) is 3.18. The van der Waals surface area contributed by atoms with Gasteiger partial charge in [0.05, 0.1) is 0 Å². The second kappa shape index (κ2) is 5.68. The number of hydrogen-bond donors (Lipinski definition) is 0. The highest BCUT2D eigenvalue weighted by atomic mass is 16.6. The van der Waals surface area contributed by atoms with Crippen LogP contribution in [0.1, 0.15) is 0 Å². The van der Waals surface area contributed by atoms with Crippen molar-refractivity contribution in [3.05, 3.63) is 25.3 Å². The van der Waals surface area contributed by atoms with E-state index in [2.05, 4.69) is 17.9 Å². The van der Waals surface area contributed by atoms with Crippen LogP contribution in [0.4, 0.5) is 0 Å². The van der Waals surface area contributed by atoms with Gasteiger partial charge in [-0.15, -0.1) is 0 Å². The molecular formula is C8H12O3. The number of ether oxygens (including phenoxy) is 2. The van der Waals surface area contributed by atoms with Crippen molar-refractivity contribution in [2.24, 2.45) is 0 Å². The second-order valence-corrected chi connectivity index (χ2v) is 1.86. The molecule has 0 atom stereocenters. The van der Waals surface area contributed by atoms with Crippen LogP contribution in [0.15, 0.2) is 25.3 Å². The fraction of sp³-hybridized carbons (Fsp3) is 0.375. The van der Waals surface area contributed by atoms with Crippen LogP contribution in [0.2, 0.25) is 0 Å². The fourth-order valence-electron chi connectivity index (χ4n) is 0.496. The summed E-state index contributed by atoms with van der Waals surface area (Å²) in [4.78, 5) is 10.7. The van der Waals surface area contributed by atoms with Crippen molar-refractivity contribution in [1.82, 2.24) is 0 Å². The van der Waals surface area contributed by atoms with Gasteiger partial charge in [-0.3, -0.25) is 0 Å². The van der Waals surface area contributed by atoms with Crippen LogP contribution in [0.5, 0.6) is 0 Å². The fourth-order valence-corrected chi connectivity index (χ4v) is 0.496. The standard InChI is InChI=1S/C8H12O3/c1-4-7(5-2)11-8(9)6-10-3/h4-5,7H,1-2,6H2,3H3. The smallest absolute Gasteiger partial charge is 0.332 e. The van der Waals surface area contributed by atoms with Crippen LogP contribution >= 0.6 is 0 Å². The van der Waals surface area contributed by atoms with Gasteiger partial charge >= 0.3 is 5.97 Å². The van der Waals surface area contributed by atoms with E-state index in [9.17, 15) is 4.79 Å². The lowest BCUT2D eigenvalue weighted by Gasteiger charge is -2.07. The van der Waals surface area contributed by atoms with Gasteiger partial charge in [-0.1, -0.05) is 13.2 Å². The molecule has 0 aromatic heterocycles. The number of esters is 1. The topological polar surface area (TPSA) is 35.5 Å². The molecule has 0 bridgehead atoms. The second-order valence-electron chi connectivity index (χ2n) is 1.86. The number of rotatable bonds is 5. The van der Waals surface area contributed by atoms with E-state index >= 15 is 0 Å². The molecule has 3 nitrogen and oxygen atoms in total. The number of carbonyl (C=O) groups is 1. The first-order chi connectivity index (χ1) is 5.24. The third kappa shape index (κ3) is 4.33. The molecule has 3 heteroatoms. The van der Waals surface area contributed by atoms with Crippen LogP contribution < -0.4 is 0 Å². The third-order valence-corrected chi connectivity index (χ3v) is 0.994. The zero-order valence-electron chi connectivity index (χ0n) is 6.58. The summed E-state index contributed by atoms with van der Waals surface area (Å²) in [5, 5.41) is 0. The summed E-state index contributed by atoms with van der Waals surface area (Å²) in [6, 6.07) is 0. The van der Waals surface area contributed by atoms with E-state index in [1.54, 1.807) is 0 Å². The number of carbonyl (C=O) groups excluding carboxylic acids is 1. The molecule has 0 fully saturated rings. The van der Waals surface area contributed by atoms with Crippen LogP contribution in [0, 0.1) is 0 Å². The number of methoxy groups -OCH3 is 1. The summed E-state index contributed by atoms with van der Waals surface area (Å²) < 4.78 is 9.34. The molecule has 0 unspecified atom stereocenters. The summed E-state index contributed by atoms with van der Waals surface area (Å²) >= 11 is 0. The van der Waals surface area contributed by atoms with Crippen LogP contribution in [0.25, 0.3) is 0 Å². The molecule has 0 heterocycles. The molecule has 0 N–H and O–H groups in total. The Labute approximate surface area is 66.3 Å². The first kappa shape index (κ1) is 9.91. The zero-order chi connectivity index (χ0) is 8.69. The SMILES string of the molecule is C=CC(C=C)OC(=O)COC.